The molecule has 0 spiro atoms. The molecule has 2 atom stereocenters. The second-order valence-electron chi connectivity index (χ2n) is 5.77. The minimum atomic E-state index is -0.0452. The smallest absolute Gasteiger partial charge is 0.0695 e. The number of piperidine rings is 1. The number of rotatable bonds is 1. The van der Waals surface area contributed by atoms with Crippen LogP contribution in [-0.4, -0.2) is 35.2 Å². The van der Waals surface area contributed by atoms with Crippen LogP contribution in [0.3, 0.4) is 0 Å². The molecule has 1 aliphatic carbocycles. The number of nitrogens with zero attached hydrogens (tertiary/aromatic N) is 1. The SMILES string of the molecule is CC1(C)CCN([C@@H]2CCC[C@H]2O)CC1. The van der Waals surface area contributed by atoms with Crippen LogP contribution >= 0.6 is 0 Å². The Morgan fingerprint density at radius 2 is 1.79 bits per heavy atom. The van der Waals surface area contributed by atoms with E-state index in [0.29, 0.717) is 11.5 Å². The zero-order valence-corrected chi connectivity index (χ0v) is 9.50. The Hall–Kier alpha value is -0.0800. The van der Waals surface area contributed by atoms with Crippen LogP contribution in [0.5, 0.6) is 0 Å². The van der Waals surface area contributed by atoms with E-state index in [0.717, 1.165) is 6.42 Å². The van der Waals surface area contributed by atoms with Crippen molar-refractivity contribution in [1.29, 1.82) is 0 Å². The molecule has 2 heteroatoms. The van der Waals surface area contributed by atoms with Gasteiger partial charge in [0.05, 0.1) is 6.10 Å². The molecule has 2 aliphatic rings. The van der Waals surface area contributed by atoms with E-state index in [9.17, 15) is 5.11 Å². The molecule has 1 N–H and O–H groups in total. The van der Waals surface area contributed by atoms with Gasteiger partial charge in [0, 0.05) is 6.04 Å². The van der Waals surface area contributed by atoms with Crippen LogP contribution in [0.2, 0.25) is 0 Å². The summed E-state index contributed by atoms with van der Waals surface area (Å²) in [5.74, 6) is 0. The summed E-state index contributed by atoms with van der Waals surface area (Å²) in [6, 6.07) is 0.478. The monoisotopic (exact) mass is 197 g/mol. The van der Waals surface area contributed by atoms with Gasteiger partial charge >= 0.3 is 0 Å². The molecule has 0 unspecified atom stereocenters. The van der Waals surface area contributed by atoms with E-state index in [-0.39, 0.29) is 6.10 Å². The van der Waals surface area contributed by atoms with Crippen LogP contribution in [0.1, 0.15) is 46.0 Å². The predicted octanol–water partition coefficient (Wildman–Crippen LogP) is 2.02. The van der Waals surface area contributed by atoms with Gasteiger partial charge in [-0.3, -0.25) is 4.90 Å². The van der Waals surface area contributed by atoms with Crippen molar-refractivity contribution >= 4 is 0 Å². The van der Waals surface area contributed by atoms with Crippen LogP contribution in [0.4, 0.5) is 0 Å². The first-order valence-corrected chi connectivity index (χ1v) is 6.01. The average Bonchev–Trinajstić information content (AvgIpc) is 2.52. The molecule has 1 aliphatic heterocycles. The normalized spacial score (nSPS) is 38.8. The number of hydrogen-bond acceptors (Lipinski definition) is 2. The highest BCUT2D eigenvalue weighted by Crippen LogP contribution is 2.33. The van der Waals surface area contributed by atoms with E-state index < -0.39 is 0 Å². The van der Waals surface area contributed by atoms with Crippen molar-refractivity contribution in [2.75, 3.05) is 13.1 Å². The largest absolute Gasteiger partial charge is 0.391 e. The van der Waals surface area contributed by atoms with Gasteiger partial charge in [0.2, 0.25) is 0 Å². The van der Waals surface area contributed by atoms with Crippen LogP contribution in [0.25, 0.3) is 0 Å². The van der Waals surface area contributed by atoms with E-state index >= 15 is 0 Å². The zero-order valence-electron chi connectivity index (χ0n) is 9.50. The van der Waals surface area contributed by atoms with Crippen molar-refractivity contribution in [3.63, 3.8) is 0 Å². The topological polar surface area (TPSA) is 23.5 Å². The van der Waals surface area contributed by atoms with Crippen molar-refractivity contribution in [2.24, 2.45) is 5.41 Å². The minimum absolute atomic E-state index is 0.0452. The summed E-state index contributed by atoms with van der Waals surface area (Å²) in [7, 11) is 0. The third-order valence-electron chi connectivity index (χ3n) is 4.06. The van der Waals surface area contributed by atoms with E-state index in [1.54, 1.807) is 0 Å². The number of likely N-dealkylation sites (tertiary alicyclic amines) is 1. The van der Waals surface area contributed by atoms with Crippen LogP contribution < -0.4 is 0 Å². The second kappa shape index (κ2) is 3.82. The Balaban J connectivity index is 1.89. The molecule has 82 valence electrons. The van der Waals surface area contributed by atoms with Gasteiger partial charge in [0.25, 0.3) is 0 Å². The van der Waals surface area contributed by atoms with Crippen LogP contribution in [-0.2, 0) is 0 Å². The maximum Gasteiger partial charge on any atom is 0.0695 e. The van der Waals surface area contributed by atoms with E-state index in [1.807, 2.05) is 0 Å². The van der Waals surface area contributed by atoms with Gasteiger partial charge in [-0.2, -0.15) is 0 Å². The minimum Gasteiger partial charge on any atom is -0.391 e. The Labute approximate surface area is 87.3 Å². The summed E-state index contributed by atoms with van der Waals surface area (Å²) in [5.41, 5.74) is 0.528. The maximum absolute atomic E-state index is 9.83. The predicted molar refractivity (Wildman–Crippen MR) is 58.2 cm³/mol. The molecule has 2 nitrogen and oxygen atoms in total. The van der Waals surface area contributed by atoms with Gasteiger partial charge < -0.3 is 5.11 Å². The highest BCUT2D eigenvalue weighted by atomic mass is 16.3. The van der Waals surface area contributed by atoms with E-state index in [2.05, 4.69) is 18.7 Å². The molecule has 1 heterocycles. The standard InChI is InChI=1S/C12H23NO/c1-12(2)6-8-13(9-7-12)10-4-3-5-11(10)14/h10-11,14H,3-9H2,1-2H3/t10-,11-/m1/s1. The summed E-state index contributed by atoms with van der Waals surface area (Å²) < 4.78 is 0. The lowest BCUT2D eigenvalue weighted by Gasteiger charge is -2.40. The lowest BCUT2D eigenvalue weighted by molar-refractivity contribution is 0.0327. The molecule has 2 rings (SSSR count). The highest BCUT2D eigenvalue weighted by molar-refractivity contribution is 4.89. The fourth-order valence-corrected chi connectivity index (χ4v) is 2.81. The zero-order chi connectivity index (χ0) is 10.2. The molecule has 0 radical (unpaired) electrons. The number of aliphatic hydroxyl groups is 1. The molecule has 0 amide bonds. The molecule has 0 aromatic carbocycles. The van der Waals surface area contributed by atoms with Crippen molar-refractivity contribution in [3.8, 4) is 0 Å². The Morgan fingerprint density at radius 3 is 2.29 bits per heavy atom. The molecule has 0 aromatic heterocycles. The van der Waals surface area contributed by atoms with Crippen LogP contribution in [0, 0.1) is 5.41 Å². The van der Waals surface area contributed by atoms with Crippen molar-refractivity contribution < 1.29 is 5.11 Å². The van der Waals surface area contributed by atoms with E-state index in [1.165, 1.54) is 38.8 Å². The first-order valence-electron chi connectivity index (χ1n) is 6.01. The maximum atomic E-state index is 9.83. The lowest BCUT2D eigenvalue weighted by Crippen LogP contribution is -2.46. The highest BCUT2D eigenvalue weighted by Gasteiger charge is 2.34. The van der Waals surface area contributed by atoms with Gasteiger partial charge in [-0.05, 0) is 50.6 Å². The van der Waals surface area contributed by atoms with Gasteiger partial charge in [-0.1, -0.05) is 13.8 Å². The Kier molecular flexibility index (Phi) is 2.85. The molecular weight excluding hydrogens is 174 g/mol. The van der Waals surface area contributed by atoms with Crippen molar-refractivity contribution in [2.45, 2.75) is 58.1 Å². The first-order chi connectivity index (χ1) is 6.58. The molecule has 1 saturated carbocycles. The average molecular weight is 197 g/mol. The third kappa shape index (κ3) is 2.12. The number of aliphatic hydroxyl groups excluding tert-OH is 1. The molecule has 2 fully saturated rings. The lowest BCUT2D eigenvalue weighted by atomic mass is 9.82. The van der Waals surface area contributed by atoms with Crippen LogP contribution in [0.15, 0.2) is 0 Å². The van der Waals surface area contributed by atoms with Gasteiger partial charge in [-0.15, -0.1) is 0 Å². The first kappa shape index (κ1) is 10.4. The van der Waals surface area contributed by atoms with Crippen molar-refractivity contribution in [1.82, 2.24) is 4.90 Å². The van der Waals surface area contributed by atoms with Gasteiger partial charge in [0.15, 0.2) is 0 Å². The Morgan fingerprint density at radius 1 is 1.14 bits per heavy atom. The molecule has 14 heavy (non-hydrogen) atoms. The molecule has 0 aromatic rings. The molecule has 1 saturated heterocycles. The summed E-state index contributed by atoms with van der Waals surface area (Å²) in [6.45, 7) is 7.09. The summed E-state index contributed by atoms with van der Waals surface area (Å²) in [6.07, 6.45) is 5.97. The Bertz CT molecular complexity index is 192. The fraction of sp³-hybridized carbons (Fsp3) is 1.00. The van der Waals surface area contributed by atoms with Gasteiger partial charge in [0.1, 0.15) is 0 Å². The van der Waals surface area contributed by atoms with Gasteiger partial charge in [-0.25, -0.2) is 0 Å². The van der Waals surface area contributed by atoms with E-state index in [4.69, 9.17) is 0 Å². The second-order valence-corrected chi connectivity index (χ2v) is 5.77. The van der Waals surface area contributed by atoms with Crippen molar-refractivity contribution in [3.05, 3.63) is 0 Å². The fourth-order valence-electron chi connectivity index (χ4n) is 2.81. The quantitative estimate of drug-likeness (QED) is 0.695. The summed E-state index contributed by atoms with van der Waals surface area (Å²) in [5, 5.41) is 9.83. The molecule has 0 bridgehead atoms. The third-order valence-corrected chi connectivity index (χ3v) is 4.06. The number of hydrogen-bond donors (Lipinski definition) is 1. The summed E-state index contributed by atoms with van der Waals surface area (Å²) in [4.78, 5) is 2.52. The summed E-state index contributed by atoms with van der Waals surface area (Å²) >= 11 is 0. The molecular formula is C12H23NO.